The van der Waals surface area contributed by atoms with Crippen molar-refractivity contribution in [3.8, 4) is 28.4 Å². The van der Waals surface area contributed by atoms with Crippen LogP contribution in [0, 0.1) is 17.7 Å². The molecule has 4 aromatic rings. The molecule has 42 heavy (non-hydrogen) atoms. The molecule has 0 radical (unpaired) electrons. The minimum absolute atomic E-state index is 0.173. The van der Waals surface area contributed by atoms with Crippen LogP contribution < -0.4 is 15.1 Å². The summed E-state index contributed by atoms with van der Waals surface area (Å²) < 4.78 is 20.0. The van der Waals surface area contributed by atoms with Crippen molar-refractivity contribution in [1.82, 2.24) is 25.6 Å². The van der Waals surface area contributed by atoms with E-state index in [1.165, 1.54) is 13.3 Å². The second-order valence-electron chi connectivity index (χ2n) is 10.6. The average molecular weight is 575 g/mol. The lowest BCUT2D eigenvalue weighted by atomic mass is 9.87. The monoisotopic (exact) mass is 574 g/mol. The molecule has 3 heterocycles. The number of hydroxylamine groups is 1. The number of aromatic nitrogens is 4. The third-order valence-corrected chi connectivity index (χ3v) is 7.63. The van der Waals surface area contributed by atoms with Crippen LogP contribution in [0.1, 0.15) is 36.5 Å². The van der Waals surface area contributed by atoms with Gasteiger partial charge in [0.05, 0.1) is 31.7 Å². The molecule has 5 rings (SSSR count). The Bertz CT molecular complexity index is 1480. The first-order valence-electron chi connectivity index (χ1n) is 14.0. The van der Waals surface area contributed by atoms with Gasteiger partial charge in [-0.25, -0.2) is 19.8 Å². The smallest absolute Gasteiger partial charge is 0.274 e. The molecule has 0 spiro atoms. The van der Waals surface area contributed by atoms with E-state index >= 15 is 0 Å². The standard InChI is InChI=1S/C31H35FN6O4/c1-20(19-42-37-31(40)24-7-4-8-25(17-24)41-2)28(39)15-21-10-13-38(14-11-21)30-26(32)18-33-29(35-30)23-6-3-5-22(16-23)27-9-12-34-36-27/h3-9,12,16-18,20-21,28,39H,10-11,13-15,19H2,1-2H3,(H,34,36)(H,37,40). The Labute approximate surface area is 243 Å². The Morgan fingerprint density at radius 2 is 1.95 bits per heavy atom. The molecule has 1 aliphatic heterocycles. The van der Waals surface area contributed by atoms with Crippen LogP contribution in [-0.2, 0) is 4.84 Å². The van der Waals surface area contributed by atoms with Gasteiger partial charge in [0.1, 0.15) is 5.75 Å². The fourth-order valence-electron chi connectivity index (χ4n) is 5.08. The lowest BCUT2D eigenvalue weighted by Gasteiger charge is -2.34. The highest BCUT2D eigenvalue weighted by molar-refractivity contribution is 5.93. The highest BCUT2D eigenvalue weighted by atomic mass is 19.1. The largest absolute Gasteiger partial charge is 0.497 e. The summed E-state index contributed by atoms with van der Waals surface area (Å²) in [6.07, 6.45) is 4.58. The first-order valence-corrected chi connectivity index (χ1v) is 14.0. The molecule has 1 fully saturated rings. The molecule has 1 saturated heterocycles. The predicted molar refractivity (Wildman–Crippen MR) is 156 cm³/mol. The molecule has 2 aromatic heterocycles. The van der Waals surface area contributed by atoms with E-state index in [2.05, 4.69) is 25.6 Å². The molecule has 0 bridgehead atoms. The zero-order chi connectivity index (χ0) is 29.5. The molecular formula is C31H35FN6O4. The number of amides is 1. The Hall–Kier alpha value is -4.35. The van der Waals surface area contributed by atoms with Crippen LogP contribution in [0.3, 0.4) is 0 Å². The van der Waals surface area contributed by atoms with E-state index in [-0.39, 0.29) is 30.2 Å². The Kier molecular flexibility index (Phi) is 9.40. The summed E-state index contributed by atoms with van der Waals surface area (Å²) in [4.78, 5) is 28.5. The van der Waals surface area contributed by atoms with E-state index in [0.29, 0.717) is 36.6 Å². The molecule has 2 aromatic carbocycles. The van der Waals surface area contributed by atoms with Crippen LogP contribution in [0.15, 0.2) is 67.0 Å². The number of piperidine rings is 1. The van der Waals surface area contributed by atoms with E-state index < -0.39 is 11.9 Å². The number of nitrogens with zero attached hydrogens (tertiary/aromatic N) is 4. The van der Waals surface area contributed by atoms with E-state index in [0.717, 1.165) is 29.7 Å². The van der Waals surface area contributed by atoms with Crippen molar-refractivity contribution in [2.75, 3.05) is 31.7 Å². The highest BCUT2D eigenvalue weighted by Gasteiger charge is 2.27. The molecule has 220 valence electrons. The Morgan fingerprint density at radius 3 is 2.71 bits per heavy atom. The van der Waals surface area contributed by atoms with Gasteiger partial charge in [-0.15, -0.1) is 0 Å². The number of benzene rings is 2. The number of ether oxygens (including phenoxy) is 1. The van der Waals surface area contributed by atoms with Crippen LogP contribution in [0.25, 0.3) is 22.6 Å². The second kappa shape index (κ2) is 13.5. The number of halogens is 1. The number of hydrogen-bond acceptors (Lipinski definition) is 8. The number of carbonyl (C=O) groups excluding carboxylic acids is 1. The maximum atomic E-state index is 14.8. The van der Waals surface area contributed by atoms with Gasteiger partial charge in [0, 0.05) is 41.9 Å². The number of carbonyl (C=O) groups is 1. The number of aliphatic hydroxyl groups excluding tert-OH is 1. The SMILES string of the molecule is COc1cccc(C(=O)NOCC(C)C(O)CC2CCN(c3nc(-c4cccc(-c5cc[nH]n5)c4)ncc3F)CC2)c1. The van der Waals surface area contributed by atoms with Crippen molar-refractivity contribution in [3.63, 3.8) is 0 Å². The number of H-pyrrole nitrogens is 1. The Balaban J connectivity index is 1.11. The van der Waals surface area contributed by atoms with Crippen molar-refractivity contribution in [3.05, 3.63) is 78.4 Å². The topological polar surface area (TPSA) is 125 Å². The summed E-state index contributed by atoms with van der Waals surface area (Å²) in [5, 5.41) is 17.8. The van der Waals surface area contributed by atoms with Crippen LogP contribution in [-0.4, -0.2) is 64.1 Å². The van der Waals surface area contributed by atoms with E-state index in [9.17, 15) is 14.3 Å². The number of hydrogen-bond donors (Lipinski definition) is 3. The first kappa shape index (κ1) is 29.2. The van der Waals surface area contributed by atoms with Crippen LogP contribution in [0.5, 0.6) is 5.75 Å². The maximum Gasteiger partial charge on any atom is 0.274 e. The van der Waals surface area contributed by atoms with Crippen LogP contribution in [0.2, 0.25) is 0 Å². The zero-order valence-electron chi connectivity index (χ0n) is 23.7. The summed E-state index contributed by atoms with van der Waals surface area (Å²) in [6, 6.07) is 16.4. The molecule has 0 aliphatic carbocycles. The maximum absolute atomic E-state index is 14.8. The first-order chi connectivity index (χ1) is 20.4. The molecule has 11 heteroatoms. The van der Waals surface area contributed by atoms with E-state index in [4.69, 9.17) is 9.57 Å². The van der Waals surface area contributed by atoms with Gasteiger partial charge in [-0.05, 0) is 55.5 Å². The molecular weight excluding hydrogens is 539 g/mol. The molecule has 10 nitrogen and oxygen atoms in total. The van der Waals surface area contributed by atoms with Crippen molar-refractivity contribution < 1.29 is 23.9 Å². The lowest BCUT2D eigenvalue weighted by molar-refractivity contribution is -0.0155. The summed E-state index contributed by atoms with van der Waals surface area (Å²) in [5.74, 6) is 0.575. The van der Waals surface area contributed by atoms with E-state index in [1.54, 1.807) is 30.5 Å². The van der Waals surface area contributed by atoms with Gasteiger partial charge in [-0.1, -0.05) is 31.2 Å². The van der Waals surface area contributed by atoms with Crippen molar-refractivity contribution in [2.24, 2.45) is 11.8 Å². The molecule has 1 aliphatic rings. The fraction of sp³-hybridized carbons (Fsp3) is 0.355. The van der Waals surface area contributed by atoms with Gasteiger partial charge in [-0.2, -0.15) is 5.10 Å². The Morgan fingerprint density at radius 1 is 1.17 bits per heavy atom. The second-order valence-corrected chi connectivity index (χ2v) is 10.6. The molecule has 0 saturated carbocycles. The van der Waals surface area contributed by atoms with Gasteiger partial charge in [-0.3, -0.25) is 14.7 Å². The number of anilines is 1. The zero-order valence-corrected chi connectivity index (χ0v) is 23.7. The lowest BCUT2D eigenvalue weighted by Crippen LogP contribution is -2.37. The minimum Gasteiger partial charge on any atom is -0.497 e. The number of nitrogens with one attached hydrogen (secondary N) is 2. The fourth-order valence-corrected chi connectivity index (χ4v) is 5.08. The van der Waals surface area contributed by atoms with Crippen LogP contribution in [0.4, 0.5) is 10.2 Å². The normalized spacial score (nSPS) is 15.3. The van der Waals surface area contributed by atoms with Gasteiger partial charge in [0.2, 0.25) is 0 Å². The summed E-state index contributed by atoms with van der Waals surface area (Å²) >= 11 is 0. The van der Waals surface area contributed by atoms with Crippen LogP contribution >= 0.6 is 0 Å². The minimum atomic E-state index is -0.598. The van der Waals surface area contributed by atoms with E-state index in [1.807, 2.05) is 42.2 Å². The predicted octanol–water partition coefficient (Wildman–Crippen LogP) is 4.65. The summed E-state index contributed by atoms with van der Waals surface area (Å²) in [5.41, 5.74) is 5.36. The number of rotatable bonds is 11. The third kappa shape index (κ3) is 7.10. The van der Waals surface area contributed by atoms with Gasteiger partial charge in [0.15, 0.2) is 17.5 Å². The van der Waals surface area contributed by atoms with Crippen molar-refractivity contribution in [1.29, 1.82) is 0 Å². The number of aromatic amines is 1. The number of aliphatic hydroxyl groups is 1. The average Bonchev–Trinajstić information content (AvgIpc) is 3.57. The van der Waals surface area contributed by atoms with Gasteiger partial charge < -0.3 is 14.7 Å². The van der Waals surface area contributed by atoms with Gasteiger partial charge in [0.25, 0.3) is 5.91 Å². The van der Waals surface area contributed by atoms with Crippen molar-refractivity contribution in [2.45, 2.75) is 32.3 Å². The van der Waals surface area contributed by atoms with Crippen molar-refractivity contribution >= 4 is 11.7 Å². The molecule has 1 amide bonds. The molecule has 2 atom stereocenters. The highest BCUT2D eigenvalue weighted by Crippen LogP contribution is 2.30. The molecule has 2 unspecified atom stereocenters. The summed E-state index contributed by atoms with van der Waals surface area (Å²) in [6.45, 7) is 3.31. The van der Waals surface area contributed by atoms with Gasteiger partial charge >= 0.3 is 0 Å². The quantitative estimate of drug-likeness (QED) is 0.221. The number of methoxy groups -OCH3 is 1. The third-order valence-electron chi connectivity index (χ3n) is 7.63. The summed E-state index contributed by atoms with van der Waals surface area (Å²) in [7, 11) is 1.54. The molecule has 3 N–H and O–H groups in total.